The van der Waals surface area contributed by atoms with Gasteiger partial charge in [0.15, 0.2) is 0 Å². The molecule has 3 aromatic carbocycles. The van der Waals surface area contributed by atoms with Crippen LogP contribution in [0.15, 0.2) is 84.9 Å². The van der Waals surface area contributed by atoms with Crippen LogP contribution >= 0.6 is 0 Å². The van der Waals surface area contributed by atoms with Gasteiger partial charge in [0.05, 0.1) is 22.6 Å². The molecule has 0 spiro atoms. The van der Waals surface area contributed by atoms with E-state index >= 15 is 0 Å². The summed E-state index contributed by atoms with van der Waals surface area (Å²) >= 11 is 0. The average molecular weight is 438 g/mol. The van der Waals surface area contributed by atoms with Crippen LogP contribution in [0, 0.1) is 6.92 Å². The van der Waals surface area contributed by atoms with Crippen LogP contribution in [0.2, 0.25) is 0 Å². The molecule has 164 valence electrons. The second-order valence-corrected chi connectivity index (χ2v) is 7.97. The van der Waals surface area contributed by atoms with Gasteiger partial charge in [-0.1, -0.05) is 54.6 Å². The van der Waals surface area contributed by atoms with Gasteiger partial charge in [-0.2, -0.15) is 5.10 Å². The zero-order valence-corrected chi connectivity index (χ0v) is 18.2. The molecule has 7 nitrogen and oxygen atoms in total. The van der Waals surface area contributed by atoms with E-state index < -0.39 is 11.5 Å². The predicted octanol–water partition coefficient (Wildman–Crippen LogP) is 3.65. The number of fused-ring (bicyclic) bond motifs is 1. The van der Waals surface area contributed by atoms with Crippen LogP contribution in [-0.2, 0) is 10.4 Å². The Morgan fingerprint density at radius 2 is 1.55 bits per heavy atom. The van der Waals surface area contributed by atoms with Crippen LogP contribution in [0.25, 0.3) is 5.69 Å². The number of hydrogen-bond donors (Lipinski definition) is 2. The Bertz CT molecular complexity index is 1370. The molecule has 0 bridgehead atoms. The highest BCUT2D eigenvalue weighted by molar-refractivity contribution is 6.11. The standard InChI is InChI=1S/C26H22N4O3/c1-17-22(26(33)20-15-9-10-16-21(20)29(2)25(26)32)23(27-24(31)18-11-5-3-6-12-18)30(28-17)19-13-7-4-8-14-19/h3-16,33H,1-2H3,(H,27,31). The molecule has 1 atom stereocenters. The molecule has 2 N–H and O–H groups in total. The fourth-order valence-electron chi connectivity index (χ4n) is 4.38. The fraction of sp³-hybridized carbons (Fsp3) is 0.115. The van der Waals surface area contributed by atoms with E-state index in [-0.39, 0.29) is 17.3 Å². The SMILES string of the molecule is Cc1nn(-c2ccccc2)c(NC(=O)c2ccccc2)c1C1(O)C(=O)N(C)c2ccccc21. The minimum atomic E-state index is -2.00. The van der Waals surface area contributed by atoms with Gasteiger partial charge in [-0.25, -0.2) is 4.68 Å². The average Bonchev–Trinajstić information content (AvgIpc) is 3.28. The molecule has 0 radical (unpaired) electrons. The van der Waals surface area contributed by atoms with Gasteiger partial charge in [0, 0.05) is 18.2 Å². The lowest BCUT2D eigenvalue weighted by Crippen LogP contribution is -2.40. The lowest BCUT2D eigenvalue weighted by atomic mass is 9.87. The monoisotopic (exact) mass is 438 g/mol. The molecule has 4 aromatic rings. The molecule has 33 heavy (non-hydrogen) atoms. The van der Waals surface area contributed by atoms with Crippen LogP contribution in [0.1, 0.15) is 27.2 Å². The number of aryl methyl sites for hydroxylation is 1. The minimum absolute atomic E-state index is 0.244. The Morgan fingerprint density at radius 3 is 2.24 bits per heavy atom. The molecule has 7 heteroatoms. The Labute approximate surface area is 190 Å². The second-order valence-electron chi connectivity index (χ2n) is 7.97. The van der Waals surface area contributed by atoms with Crippen LogP contribution in [0.5, 0.6) is 0 Å². The number of carbonyl (C=O) groups excluding carboxylic acids is 2. The van der Waals surface area contributed by atoms with Crippen molar-refractivity contribution >= 4 is 23.3 Å². The summed E-state index contributed by atoms with van der Waals surface area (Å²) in [6.07, 6.45) is 0. The molecule has 2 amide bonds. The number of para-hydroxylation sites is 2. The molecule has 0 saturated heterocycles. The van der Waals surface area contributed by atoms with E-state index in [1.807, 2.05) is 42.5 Å². The Kier molecular flexibility index (Phi) is 4.83. The summed E-state index contributed by atoms with van der Waals surface area (Å²) in [5.41, 5.74) is 0.873. The van der Waals surface area contributed by atoms with E-state index in [1.165, 1.54) is 4.90 Å². The first-order chi connectivity index (χ1) is 15.9. The molecule has 1 aliphatic rings. The number of aliphatic hydroxyl groups is 1. The van der Waals surface area contributed by atoms with Crippen molar-refractivity contribution in [3.63, 3.8) is 0 Å². The lowest BCUT2D eigenvalue weighted by Gasteiger charge is -2.24. The van der Waals surface area contributed by atoms with Gasteiger partial charge in [-0.3, -0.25) is 9.59 Å². The minimum Gasteiger partial charge on any atom is -0.371 e. The van der Waals surface area contributed by atoms with E-state index in [9.17, 15) is 14.7 Å². The molecular formula is C26H22N4O3. The summed E-state index contributed by atoms with van der Waals surface area (Å²) in [6, 6.07) is 25.1. The maximum absolute atomic E-state index is 13.4. The first-order valence-corrected chi connectivity index (χ1v) is 10.5. The van der Waals surface area contributed by atoms with Gasteiger partial charge in [-0.05, 0) is 37.3 Å². The van der Waals surface area contributed by atoms with Crippen molar-refractivity contribution in [1.29, 1.82) is 0 Å². The lowest BCUT2D eigenvalue weighted by molar-refractivity contribution is -0.131. The van der Waals surface area contributed by atoms with Gasteiger partial charge in [0.1, 0.15) is 5.82 Å². The zero-order valence-electron chi connectivity index (χ0n) is 18.2. The molecule has 1 aromatic heterocycles. The van der Waals surface area contributed by atoms with Crippen LogP contribution in [-0.4, -0.2) is 33.7 Å². The predicted molar refractivity (Wildman–Crippen MR) is 126 cm³/mol. The number of carbonyl (C=O) groups is 2. The Hall–Kier alpha value is -4.23. The molecule has 2 heterocycles. The Morgan fingerprint density at radius 1 is 0.939 bits per heavy atom. The van der Waals surface area contributed by atoms with E-state index in [1.54, 1.807) is 61.1 Å². The molecule has 0 saturated carbocycles. The van der Waals surface area contributed by atoms with Crippen molar-refractivity contribution in [2.24, 2.45) is 0 Å². The molecular weight excluding hydrogens is 416 g/mol. The molecule has 0 aliphatic carbocycles. The van der Waals surface area contributed by atoms with Crippen LogP contribution in [0.4, 0.5) is 11.5 Å². The van der Waals surface area contributed by atoms with Crippen molar-refractivity contribution in [2.75, 3.05) is 17.3 Å². The van der Waals surface area contributed by atoms with Gasteiger partial charge in [0.25, 0.3) is 11.8 Å². The summed E-state index contributed by atoms with van der Waals surface area (Å²) in [5, 5.41) is 19.5. The zero-order chi connectivity index (χ0) is 23.2. The highest BCUT2D eigenvalue weighted by atomic mass is 16.3. The largest absolute Gasteiger partial charge is 0.371 e. The van der Waals surface area contributed by atoms with E-state index in [0.29, 0.717) is 28.2 Å². The van der Waals surface area contributed by atoms with E-state index in [4.69, 9.17) is 0 Å². The number of aromatic nitrogens is 2. The third-order valence-corrected chi connectivity index (χ3v) is 5.96. The van der Waals surface area contributed by atoms with E-state index in [0.717, 1.165) is 0 Å². The fourth-order valence-corrected chi connectivity index (χ4v) is 4.38. The topological polar surface area (TPSA) is 87.5 Å². The quantitative estimate of drug-likeness (QED) is 0.509. The summed E-state index contributed by atoms with van der Waals surface area (Å²) in [5.74, 6) is -0.632. The number of anilines is 2. The summed E-state index contributed by atoms with van der Waals surface area (Å²) < 4.78 is 1.55. The van der Waals surface area contributed by atoms with Crippen molar-refractivity contribution < 1.29 is 14.7 Å². The normalized spacial score (nSPS) is 17.2. The maximum Gasteiger partial charge on any atom is 0.268 e. The number of nitrogens with one attached hydrogen (secondary N) is 1. The van der Waals surface area contributed by atoms with Crippen molar-refractivity contribution in [3.8, 4) is 5.69 Å². The third-order valence-electron chi connectivity index (χ3n) is 5.96. The van der Waals surface area contributed by atoms with Crippen molar-refractivity contribution in [3.05, 3.63) is 107 Å². The van der Waals surface area contributed by atoms with Gasteiger partial charge < -0.3 is 15.3 Å². The number of benzene rings is 3. The molecule has 1 aliphatic heterocycles. The number of amides is 2. The first-order valence-electron chi connectivity index (χ1n) is 10.5. The van der Waals surface area contributed by atoms with E-state index in [2.05, 4.69) is 10.4 Å². The molecule has 0 fully saturated rings. The van der Waals surface area contributed by atoms with Crippen molar-refractivity contribution in [1.82, 2.24) is 9.78 Å². The number of rotatable bonds is 4. The summed E-state index contributed by atoms with van der Waals surface area (Å²) in [4.78, 5) is 28.0. The summed E-state index contributed by atoms with van der Waals surface area (Å²) in [7, 11) is 1.62. The van der Waals surface area contributed by atoms with Crippen LogP contribution in [0.3, 0.4) is 0 Å². The van der Waals surface area contributed by atoms with Crippen molar-refractivity contribution in [2.45, 2.75) is 12.5 Å². The second kappa shape index (κ2) is 7.72. The highest BCUT2D eigenvalue weighted by Gasteiger charge is 2.53. The van der Waals surface area contributed by atoms with Gasteiger partial charge in [0.2, 0.25) is 5.60 Å². The molecule has 5 rings (SSSR count). The summed E-state index contributed by atoms with van der Waals surface area (Å²) in [6.45, 7) is 1.72. The highest BCUT2D eigenvalue weighted by Crippen LogP contribution is 2.47. The number of likely N-dealkylation sites (N-methyl/N-ethyl adjacent to an activating group) is 1. The Balaban J connectivity index is 1.74. The third kappa shape index (κ3) is 3.13. The number of hydrogen-bond acceptors (Lipinski definition) is 4. The number of nitrogens with zero attached hydrogens (tertiary/aromatic N) is 3. The van der Waals surface area contributed by atoms with Gasteiger partial charge >= 0.3 is 0 Å². The van der Waals surface area contributed by atoms with Gasteiger partial charge in [-0.15, -0.1) is 0 Å². The maximum atomic E-state index is 13.4. The first kappa shape index (κ1) is 20.7. The van der Waals surface area contributed by atoms with Crippen LogP contribution < -0.4 is 10.2 Å². The molecule has 1 unspecified atom stereocenters. The smallest absolute Gasteiger partial charge is 0.268 e.